The maximum Gasteiger partial charge on any atom is 0.0623 e. The Bertz CT molecular complexity index is 208. The summed E-state index contributed by atoms with van der Waals surface area (Å²) in [6.07, 6.45) is 1.20. The van der Waals surface area contributed by atoms with Gasteiger partial charge in [-0.25, -0.2) is 0 Å². The van der Waals surface area contributed by atoms with Crippen molar-refractivity contribution < 1.29 is 4.74 Å². The second-order valence-electron chi connectivity index (χ2n) is 5.78. The Morgan fingerprint density at radius 3 is 2.59 bits per heavy atom. The summed E-state index contributed by atoms with van der Waals surface area (Å²) < 4.78 is 5.62. The Morgan fingerprint density at radius 1 is 1.29 bits per heavy atom. The number of hydrogen-bond donors (Lipinski definition) is 1. The predicted molar refractivity (Wildman–Crippen MR) is 73.3 cm³/mol. The fourth-order valence-corrected chi connectivity index (χ4v) is 2.38. The Balaban J connectivity index is 2.38. The van der Waals surface area contributed by atoms with Gasteiger partial charge >= 0.3 is 0 Å². The Labute approximate surface area is 107 Å². The lowest BCUT2D eigenvalue weighted by Crippen LogP contribution is -2.44. The SMILES string of the molecule is CCCNC1COCC1CN(C)C(C)C(C)C. The molecule has 1 heterocycles. The summed E-state index contributed by atoms with van der Waals surface area (Å²) >= 11 is 0. The summed E-state index contributed by atoms with van der Waals surface area (Å²) in [5.74, 6) is 1.36. The minimum Gasteiger partial charge on any atom is -0.379 e. The van der Waals surface area contributed by atoms with Gasteiger partial charge in [0.25, 0.3) is 0 Å². The smallest absolute Gasteiger partial charge is 0.0623 e. The van der Waals surface area contributed by atoms with E-state index in [1.807, 2.05) is 0 Å². The monoisotopic (exact) mass is 242 g/mol. The highest BCUT2D eigenvalue weighted by Gasteiger charge is 2.29. The third kappa shape index (κ3) is 4.57. The molecule has 0 aliphatic carbocycles. The van der Waals surface area contributed by atoms with Crippen molar-refractivity contribution in [3.8, 4) is 0 Å². The molecule has 1 N–H and O–H groups in total. The van der Waals surface area contributed by atoms with Crippen molar-refractivity contribution in [2.75, 3.05) is 33.4 Å². The molecule has 0 radical (unpaired) electrons. The zero-order valence-corrected chi connectivity index (χ0v) is 12.2. The molecule has 1 aliphatic heterocycles. The van der Waals surface area contributed by atoms with Gasteiger partial charge in [0.1, 0.15) is 0 Å². The van der Waals surface area contributed by atoms with Gasteiger partial charge in [-0.1, -0.05) is 20.8 Å². The summed E-state index contributed by atoms with van der Waals surface area (Å²) in [4.78, 5) is 2.48. The quantitative estimate of drug-likeness (QED) is 0.739. The van der Waals surface area contributed by atoms with E-state index in [0.29, 0.717) is 23.9 Å². The molecule has 1 aliphatic rings. The molecule has 3 atom stereocenters. The minimum absolute atomic E-state index is 0.553. The number of nitrogens with one attached hydrogen (secondary N) is 1. The number of rotatable bonds is 7. The van der Waals surface area contributed by atoms with E-state index in [-0.39, 0.29) is 0 Å². The standard InChI is InChI=1S/C14H30N2O/c1-6-7-15-14-10-17-9-13(14)8-16(5)12(4)11(2)3/h11-15H,6-10H2,1-5H3. The van der Waals surface area contributed by atoms with Crippen LogP contribution in [-0.2, 0) is 4.74 Å². The van der Waals surface area contributed by atoms with E-state index in [2.05, 4.69) is 45.0 Å². The average Bonchev–Trinajstić information content (AvgIpc) is 2.72. The summed E-state index contributed by atoms with van der Waals surface area (Å²) in [7, 11) is 2.24. The van der Waals surface area contributed by atoms with Crippen molar-refractivity contribution in [1.82, 2.24) is 10.2 Å². The van der Waals surface area contributed by atoms with Gasteiger partial charge in [-0.05, 0) is 32.9 Å². The molecule has 3 heteroatoms. The second-order valence-corrected chi connectivity index (χ2v) is 5.78. The van der Waals surface area contributed by atoms with Crippen molar-refractivity contribution >= 4 is 0 Å². The lowest BCUT2D eigenvalue weighted by atomic mass is 9.99. The van der Waals surface area contributed by atoms with E-state index in [1.54, 1.807) is 0 Å². The van der Waals surface area contributed by atoms with Gasteiger partial charge in [-0.3, -0.25) is 0 Å². The van der Waals surface area contributed by atoms with Crippen LogP contribution in [0.2, 0.25) is 0 Å². The van der Waals surface area contributed by atoms with Crippen LogP contribution >= 0.6 is 0 Å². The first-order valence-corrected chi connectivity index (χ1v) is 7.07. The third-order valence-electron chi connectivity index (χ3n) is 4.04. The average molecular weight is 242 g/mol. The van der Waals surface area contributed by atoms with Crippen molar-refractivity contribution in [2.24, 2.45) is 11.8 Å². The van der Waals surface area contributed by atoms with Gasteiger partial charge < -0.3 is 15.0 Å². The van der Waals surface area contributed by atoms with Crippen LogP contribution in [0.25, 0.3) is 0 Å². The van der Waals surface area contributed by atoms with Crippen LogP contribution < -0.4 is 5.32 Å². The molecule has 0 aromatic rings. The van der Waals surface area contributed by atoms with Crippen molar-refractivity contribution in [3.05, 3.63) is 0 Å². The van der Waals surface area contributed by atoms with Gasteiger partial charge in [-0.15, -0.1) is 0 Å². The molecule has 17 heavy (non-hydrogen) atoms. The van der Waals surface area contributed by atoms with E-state index < -0.39 is 0 Å². The molecule has 0 saturated carbocycles. The highest BCUT2D eigenvalue weighted by Crippen LogP contribution is 2.17. The summed E-state index contributed by atoms with van der Waals surface area (Å²) in [5, 5.41) is 3.60. The zero-order valence-electron chi connectivity index (χ0n) is 12.2. The first-order chi connectivity index (χ1) is 8.06. The summed E-state index contributed by atoms with van der Waals surface area (Å²) in [6, 6.07) is 1.19. The number of hydrogen-bond acceptors (Lipinski definition) is 3. The highest BCUT2D eigenvalue weighted by atomic mass is 16.5. The molecular formula is C14H30N2O. The molecule has 1 fully saturated rings. The second kappa shape index (κ2) is 7.34. The van der Waals surface area contributed by atoms with Gasteiger partial charge in [0.15, 0.2) is 0 Å². The topological polar surface area (TPSA) is 24.5 Å². The maximum absolute atomic E-state index is 5.62. The van der Waals surface area contributed by atoms with Gasteiger partial charge in [0.2, 0.25) is 0 Å². The Morgan fingerprint density at radius 2 is 2.00 bits per heavy atom. The van der Waals surface area contributed by atoms with E-state index in [4.69, 9.17) is 4.74 Å². The molecule has 0 aromatic heterocycles. The van der Waals surface area contributed by atoms with Crippen LogP contribution in [0.3, 0.4) is 0 Å². The molecule has 0 bridgehead atoms. The van der Waals surface area contributed by atoms with E-state index >= 15 is 0 Å². The van der Waals surface area contributed by atoms with Crippen LogP contribution in [0.1, 0.15) is 34.1 Å². The van der Waals surface area contributed by atoms with Crippen molar-refractivity contribution in [2.45, 2.75) is 46.2 Å². The molecule has 0 spiro atoms. The van der Waals surface area contributed by atoms with Crippen LogP contribution in [0.15, 0.2) is 0 Å². The van der Waals surface area contributed by atoms with Crippen molar-refractivity contribution in [3.63, 3.8) is 0 Å². The van der Waals surface area contributed by atoms with Crippen LogP contribution in [0.5, 0.6) is 0 Å². The lowest BCUT2D eigenvalue weighted by Gasteiger charge is -2.31. The fourth-order valence-electron chi connectivity index (χ4n) is 2.38. The van der Waals surface area contributed by atoms with Crippen LogP contribution in [0, 0.1) is 11.8 Å². The van der Waals surface area contributed by atoms with E-state index in [1.165, 1.54) is 6.42 Å². The first kappa shape index (κ1) is 14.9. The molecule has 0 amide bonds. The lowest BCUT2D eigenvalue weighted by molar-refractivity contribution is 0.149. The highest BCUT2D eigenvalue weighted by molar-refractivity contribution is 4.84. The van der Waals surface area contributed by atoms with Gasteiger partial charge in [-0.2, -0.15) is 0 Å². The van der Waals surface area contributed by atoms with E-state index in [0.717, 1.165) is 26.3 Å². The summed E-state index contributed by atoms with van der Waals surface area (Å²) in [5.41, 5.74) is 0. The van der Waals surface area contributed by atoms with Crippen molar-refractivity contribution in [1.29, 1.82) is 0 Å². The molecule has 3 unspecified atom stereocenters. The van der Waals surface area contributed by atoms with Crippen LogP contribution in [-0.4, -0.2) is 50.3 Å². The molecule has 3 nitrogen and oxygen atoms in total. The minimum atomic E-state index is 0.553. The van der Waals surface area contributed by atoms with Gasteiger partial charge in [0.05, 0.1) is 13.2 Å². The maximum atomic E-state index is 5.62. The Hall–Kier alpha value is -0.120. The first-order valence-electron chi connectivity index (χ1n) is 7.07. The molecule has 1 saturated heterocycles. The largest absolute Gasteiger partial charge is 0.379 e. The van der Waals surface area contributed by atoms with Gasteiger partial charge in [0, 0.05) is 24.5 Å². The number of nitrogens with zero attached hydrogens (tertiary/aromatic N) is 1. The molecule has 0 aromatic carbocycles. The normalized spacial score (nSPS) is 27.0. The molecule has 102 valence electrons. The Kier molecular flexibility index (Phi) is 6.45. The van der Waals surface area contributed by atoms with E-state index in [9.17, 15) is 0 Å². The van der Waals surface area contributed by atoms with Crippen LogP contribution in [0.4, 0.5) is 0 Å². The third-order valence-corrected chi connectivity index (χ3v) is 4.04. The zero-order chi connectivity index (χ0) is 12.8. The predicted octanol–water partition coefficient (Wildman–Crippen LogP) is 1.98. The molecule has 1 rings (SSSR count). The number of ether oxygens (including phenoxy) is 1. The fraction of sp³-hybridized carbons (Fsp3) is 1.00. The molecular weight excluding hydrogens is 212 g/mol. The summed E-state index contributed by atoms with van der Waals surface area (Å²) in [6.45, 7) is 13.2.